The molecule has 184 valence electrons. The summed E-state index contributed by atoms with van der Waals surface area (Å²) >= 11 is 1.39. The number of carbonyl (C=O) groups is 2. The van der Waals surface area contributed by atoms with Gasteiger partial charge in [0, 0.05) is 36.6 Å². The number of nitrogens with one attached hydrogen (secondary N) is 1. The molecule has 2 aliphatic heterocycles. The second-order valence-corrected chi connectivity index (χ2v) is 12.2. The fourth-order valence-corrected chi connectivity index (χ4v) is 7.67. The second-order valence-electron chi connectivity index (χ2n) is 9.19. The molecule has 10 heteroatoms. The number of anilines is 1. The highest BCUT2D eigenvalue weighted by molar-refractivity contribution is 7.89. The van der Waals surface area contributed by atoms with E-state index in [9.17, 15) is 18.0 Å². The largest absolute Gasteiger partial charge is 0.365 e. The van der Waals surface area contributed by atoms with Gasteiger partial charge in [0.1, 0.15) is 5.00 Å². The zero-order valence-electron chi connectivity index (χ0n) is 19.7. The topological polar surface area (TPSA) is 113 Å². The van der Waals surface area contributed by atoms with Crippen molar-refractivity contribution in [3.8, 4) is 0 Å². The molecular weight excluding hydrogens is 472 g/mol. The van der Waals surface area contributed by atoms with Gasteiger partial charge in [0.25, 0.3) is 11.8 Å². The molecule has 8 nitrogen and oxygen atoms in total. The molecule has 2 amide bonds. The lowest BCUT2D eigenvalue weighted by Gasteiger charge is -2.30. The van der Waals surface area contributed by atoms with Crippen molar-refractivity contribution in [2.24, 2.45) is 11.7 Å². The average molecular weight is 505 g/mol. The first-order valence-electron chi connectivity index (χ1n) is 11.8. The van der Waals surface area contributed by atoms with Crippen LogP contribution in [0.25, 0.3) is 0 Å². The van der Waals surface area contributed by atoms with E-state index in [1.807, 2.05) is 0 Å². The number of nitrogens with two attached hydrogens (primary N) is 1. The number of amides is 2. The van der Waals surface area contributed by atoms with Crippen molar-refractivity contribution in [2.45, 2.75) is 51.0 Å². The van der Waals surface area contributed by atoms with Gasteiger partial charge in [-0.05, 0) is 68.0 Å². The van der Waals surface area contributed by atoms with Gasteiger partial charge < -0.3 is 11.1 Å². The third-order valence-corrected chi connectivity index (χ3v) is 9.53. The van der Waals surface area contributed by atoms with E-state index in [-0.39, 0.29) is 4.90 Å². The summed E-state index contributed by atoms with van der Waals surface area (Å²) in [4.78, 5) is 28.7. The Hall–Kier alpha value is -2.27. The van der Waals surface area contributed by atoms with Gasteiger partial charge in [-0.3, -0.25) is 14.5 Å². The smallest absolute Gasteiger partial charge is 0.256 e. The van der Waals surface area contributed by atoms with Gasteiger partial charge in [0.15, 0.2) is 0 Å². The molecule has 1 fully saturated rings. The number of hydrogen-bond donors (Lipinski definition) is 2. The van der Waals surface area contributed by atoms with E-state index in [0.717, 1.165) is 55.8 Å². The summed E-state index contributed by atoms with van der Waals surface area (Å²) in [7, 11) is -3.59. The number of sulfonamides is 1. The molecule has 3 N–H and O–H groups in total. The van der Waals surface area contributed by atoms with Crippen LogP contribution in [0.15, 0.2) is 29.2 Å². The molecule has 34 heavy (non-hydrogen) atoms. The highest BCUT2D eigenvalue weighted by atomic mass is 32.2. The monoisotopic (exact) mass is 504 g/mol. The molecule has 2 aromatic rings. The number of hydrogen-bond acceptors (Lipinski definition) is 6. The van der Waals surface area contributed by atoms with Crippen molar-refractivity contribution >= 4 is 38.2 Å². The summed E-state index contributed by atoms with van der Waals surface area (Å²) in [5.74, 6) is -0.616. The van der Waals surface area contributed by atoms with Gasteiger partial charge >= 0.3 is 0 Å². The minimum absolute atomic E-state index is 0.179. The normalized spacial score (nSPS) is 19.5. The first kappa shape index (κ1) is 24.8. The summed E-state index contributed by atoms with van der Waals surface area (Å²) in [6, 6.07) is 5.97. The number of primary amides is 1. The predicted molar refractivity (Wildman–Crippen MR) is 134 cm³/mol. The fraction of sp³-hybridized carbons (Fsp3) is 0.500. The average Bonchev–Trinajstić information content (AvgIpc) is 3.16. The summed E-state index contributed by atoms with van der Waals surface area (Å²) < 4.78 is 27.5. The van der Waals surface area contributed by atoms with Crippen molar-refractivity contribution in [3.05, 3.63) is 45.8 Å². The molecule has 1 unspecified atom stereocenters. The van der Waals surface area contributed by atoms with E-state index in [4.69, 9.17) is 5.73 Å². The van der Waals surface area contributed by atoms with Gasteiger partial charge in [-0.15, -0.1) is 11.3 Å². The Kier molecular flexibility index (Phi) is 7.42. The molecule has 1 aromatic carbocycles. The fourth-order valence-electron chi connectivity index (χ4n) is 4.78. The van der Waals surface area contributed by atoms with E-state index < -0.39 is 21.8 Å². The second kappa shape index (κ2) is 10.2. The van der Waals surface area contributed by atoms with Crippen LogP contribution in [0.5, 0.6) is 0 Å². The van der Waals surface area contributed by atoms with E-state index >= 15 is 0 Å². The van der Waals surface area contributed by atoms with Crippen molar-refractivity contribution in [3.63, 3.8) is 0 Å². The Bertz CT molecular complexity index is 1170. The Morgan fingerprint density at radius 3 is 2.59 bits per heavy atom. The molecule has 1 saturated heterocycles. The SMILES string of the molecule is CCCN1CCc2c(sc(NC(=O)c3ccc(S(=O)(=O)N4CCCC(C)C4)cc3)c2C(N)=O)C1. The van der Waals surface area contributed by atoms with Crippen LogP contribution in [0.4, 0.5) is 5.00 Å². The summed E-state index contributed by atoms with van der Waals surface area (Å²) in [6.07, 6.45) is 3.66. The molecule has 0 radical (unpaired) electrons. The van der Waals surface area contributed by atoms with Crippen LogP contribution in [0.2, 0.25) is 0 Å². The maximum absolute atomic E-state index is 13.0. The van der Waals surface area contributed by atoms with Gasteiger partial charge in [-0.1, -0.05) is 13.8 Å². The van der Waals surface area contributed by atoms with Gasteiger partial charge in [0.05, 0.1) is 10.5 Å². The molecule has 0 bridgehead atoms. The van der Waals surface area contributed by atoms with Gasteiger partial charge in [0.2, 0.25) is 10.0 Å². The van der Waals surface area contributed by atoms with Crippen LogP contribution < -0.4 is 11.1 Å². The minimum Gasteiger partial charge on any atom is -0.365 e. The van der Waals surface area contributed by atoms with Crippen LogP contribution in [0.3, 0.4) is 0 Å². The molecule has 0 saturated carbocycles. The number of benzene rings is 1. The molecule has 4 rings (SSSR count). The Labute approximate surface area is 205 Å². The molecule has 0 aliphatic carbocycles. The van der Waals surface area contributed by atoms with Crippen molar-refractivity contribution in [2.75, 3.05) is 31.5 Å². The van der Waals surface area contributed by atoms with Crippen LogP contribution >= 0.6 is 11.3 Å². The first-order chi connectivity index (χ1) is 16.2. The van der Waals surface area contributed by atoms with E-state index in [0.29, 0.717) is 35.1 Å². The molecule has 0 spiro atoms. The van der Waals surface area contributed by atoms with Gasteiger partial charge in [-0.25, -0.2) is 8.42 Å². The first-order valence-corrected chi connectivity index (χ1v) is 14.0. The standard InChI is InChI=1S/C24H32N4O4S2/c1-3-11-27-13-10-19-20(15-27)33-24(21(19)22(25)29)26-23(30)17-6-8-18(9-7-17)34(31,32)28-12-4-5-16(2)14-28/h6-9,16H,3-5,10-15H2,1-2H3,(H2,25,29)(H,26,30). The van der Waals surface area contributed by atoms with E-state index in [1.54, 1.807) is 0 Å². The number of thiophene rings is 1. The van der Waals surface area contributed by atoms with Crippen molar-refractivity contribution in [1.29, 1.82) is 0 Å². The lowest BCUT2D eigenvalue weighted by Crippen LogP contribution is -2.39. The molecule has 3 heterocycles. The third kappa shape index (κ3) is 5.05. The maximum atomic E-state index is 13.0. The Balaban J connectivity index is 1.52. The van der Waals surface area contributed by atoms with Crippen LogP contribution in [-0.4, -0.2) is 55.6 Å². The van der Waals surface area contributed by atoms with Crippen molar-refractivity contribution < 1.29 is 18.0 Å². The summed E-state index contributed by atoms with van der Waals surface area (Å²) in [6.45, 7) is 7.80. The molecule has 1 aromatic heterocycles. The van der Waals surface area contributed by atoms with Crippen LogP contribution in [0, 0.1) is 5.92 Å². The van der Waals surface area contributed by atoms with Crippen LogP contribution in [0.1, 0.15) is 64.3 Å². The number of carbonyl (C=O) groups excluding carboxylic acids is 2. The molecule has 1 atom stereocenters. The lowest BCUT2D eigenvalue weighted by molar-refractivity contribution is 0.1000. The minimum atomic E-state index is -3.59. The number of rotatable bonds is 7. The van der Waals surface area contributed by atoms with Crippen molar-refractivity contribution in [1.82, 2.24) is 9.21 Å². The highest BCUT2D eigenvalue weighted by Crippen LogP contribution is 2.37. The predicted octanol–water partition coefficient (Wildman–Crippen LogP) is 3.29. The number of piperidine rings is 1. The van der Waals surface area contributed by atoms with Gasteiger partial charge in [-0.2, -0.15) is 4.31 Å². The number of fused-ring (bicyclic) bond motifs is 1. The summed E-state index contributed by atoms with van der Waals surface area (Å²) in [5.41, 5.74) is 7.31. The molecule has 2 aliphatic rings. The number of nitrogens with zero attached hydrogens (tertiary/aromatic N) is 2. The maximum Gasteiger partial charge on any atom is 0.256 e. The molecular formula is C24H32N4O4S2. The van der Waals surface area contributed by atoms with E-state index in [1.165, 1.54) is 39.9 Å². The lowest BCUT2D eigenvalue weighted by atomic mass is 10.0. The van der Waals surface area contributed by atoms with E-state index in [2.05, 4.69) is 24.1 Å². The quantitative estimate of drug-likeness (QED) is 0.601. The zero-order valence-corrected chi connectivity index (χ0v) is 21.3. The Morgan fingerprint density at radius 1 is 1.21 bits per heavy atom. The third-order valence-electron chi connectivity index (χ3n) is 6.52. The van der Waals surface area contributed by atoms with Crippen LogP contribution in [-0.2, 0) is 23.0 Å². The summed E-state index contributed by atoms with van der Waals surface area (Å²) in [5, 5.41) is 3.30. The zero-order chi connectivity index (χ0) is 24.5. The Morgan fingerprint density at radius 2 is 1.94 bits per heavy atom. The highest BCUT2D eigenvalue weighted by Gasteiger charge is 2.30.